The molecule has 1 aliphatic rings. The van der Waals surface area contributed by atoms with Crippen LogP contribution in [0.2, 0.25) is 0 Å². The summed E-state index contributed by atoms with van der Waals surface area (Å²) in [6, 6.07) is 9.71. The van der Waals surface area contributed by atoms with Crippen LogP contribution in [0, 0.1) is 6.92 Å². The van der Waals surface area contributed by atoms with Crippen LogP contribution in [0.15, 0.2) is 30.3 Å². The van der Waals surface area contributed by atoms with Gasteiger partial charge in [0.2, 0.25) is 5.91 Å². The molecule has 1 atom stereocenters. The van der Waals surface area contributed by atoms with Crippen LogP contribution >= 0.6 is 0 Å². The maximum Gasteiger partial charge on any atom is 0.247 e. The van der Waals surface area contributed by atoms with Crippen molar-refractivity contribution in [2.75, 3.05) is 13.1 Å². The van der Waals surface area contributed by atoms with Crippen molar-refractivity contribution >= 4 is 5.91 Å². The second-order valence-corrected chi connectivity index (χ2v) is 6.47. The smallest absolute Gasteiger partial charge is 0.247 e. The number of rotatable bonds is 4. The van der Waals surface area contributed by atoms with Crippen molar-refractivity contribution < 1.29 is 4.79 Å². The van der Waals surface area contributed by atoms with Crippen LogP contribution in [0.1, 0.15) is 49.5 Å². The molecule has 24 heavy (non-hydrogen) atoms. The van der Waals surface area contributed by atoms with Gasteiger partial charge in [0.1, 0.15) is 11.9 Å². The minimum atomic E-state index is -0.373. The summed E-state index contributed by atoms with van der Waals surface area (Å²) in [5, 5.41) is 11.8. The van der Waals surface area contributed by atoms with Crippen molar-refractivity contribution in [3.63, 3.8) is 0 Å². The summed E-state index contributed by atoms with van der Waals surface area (Å²) in [5.41, 5.74) is 1.12. The zero-order valence-electron chi connectivity index (χ0n) is 14.3. The number of aromatic nitrogens is 4. The van der Waals surface area contributed by atoms with E-state index in [0.717, 1.165) is 31.5 Å². The van der Waals surface area contributed by atoms with Crippen molar-refractivity contribution in [3.8, 4) is 0 Å². The van der Waals surface area contributed by atoms with Gasteiger partial charge < -0.3 is 4.90 Å². The monoisotopic (exact) mass is 327 g/mol. The molecule has 0 radical (unpaired) electrons. The molecule has 2 heterocycles. The fourth-order valence-corrected chi connectivity index (χ4v) is 3.32. The molecule has 1 aromatic heterocycles. The number of carbonyl (C=O) groups excluding carboxylic acids is 1. The first-order chi connectivity index (χ1) is 11.8. The van der Waals surface area contributed by atoms with Crippen molar-refractivity contribution in [2.24, 2.45) is 0 Å². The van der Waals surface area contributed by atoms with Gasteiger partial charge in [0.15, 0.2) is 0 Å². The second kappa shape index (κ2) is 8.04. The van der Waals surface area contributed by atoms with Gasteiger partial charge in [-0.2, -0.15) is 0 Å². The number of aryl methyl sites for hydroxylation is 1. The molecule has 0 spiro atoms. The van der Waals surface area contributed by atoms with Crippen molar-refractivity contribution in [2.45, 2.75) is 51.5 Å². The zero-order chi connectivity index (χ0) is 16.8. The maximum atomic E-state index is 13.2. The molecule has 1 saturated heterocycles. The summed E-state index contributed by atoms with van der Waals surface area (Å²) in [7, 11) is 0. The lowest BCUT2D eigenvalue weighted by Gasteiger charge is -2.29. The quantitative estimate of drug-likeness (QED) is 0.866. The first-order valence-electron chi connectivity index (χ1n) is 8.83. The highest BCUT2D eigenvalue weighted by Gasteiger charge is 2.28. The molecule has 6 heteroatoms. The molecule has 0 N–H and O–H groups in total. The Kier molecular flexibility index (Phi) is 5.56. The molecule has 6 nitrogen and oxygen atoms in total. The van der Waals surface area contributed by atoms with Crippen LogP contribution in [0.4, 0.5) is 0 Å². The van der Waals surface area contributed by atoms with Crippen LogP contribution in [-0.4, -0.2) is 44.1 Å². The number of hydrogen-bond acceptors (Lipinski definition) is 4. The van der Waals surface area contributed by atoms with Crippen molar-refractivity contribution in [1.82, 2.24) is 25.1 Å². The average Bonchev–Trinajstić information content (AvgIpc) is 2.99. The van der Waals surface area contributed by atoms with Gasteiger partial charge in [-0.05, 0) is 35.8 Å². The lowest BCUT2D eigenvalue weighted by atomic mass is 10.0. The molecule has 1 aromatic carbocycles. The Morgan fingerprint density at radius 3 is 2.38 bits per heavy atom. The third-order valence-electron chi connectivity index (χ3n) is 4.68. The number of amides is 1. The summed E-state index contributed by atoms with van der Waals surface area (Å²) in [5.74, 6) is 0.812. The molecule has 0 aliphatic carbocycles. The first kappa shape index (κ1) is 16.6. The average molecular weight is 327 g/mol. The van der Waals surface area contributed by atoms with Crippen LogP contribution in [0.25, 0.3) is 0 Å². The van der Waals surface area contributed by atoms with E-state index in [1.165, 1.54) is 19.3 Å². The number of carbonyl (C=O) groups is 1. The van der Waals surface area contributed by atoms with Gasteiger partial charge >= 0.3 is 0 Å². The summed E-state index contributed by atoms with van der Waals surface area (Å²) in [6.45, 7) is 3.52. The number of hydrogen-bond donors (Lipinski definition) is 0. The molecule has 1 amide bonds. The molecule has 1 fully saturated rings. The predicted octanol–water partition coefficient (Wildman–Crippen LogP) is 2.56. The van der Waals surface area contributed by atoms with E-state index in [2.05, 4.69) is 15.5 Å². The highest BCUT2D eigenvalue weighted by Crippen LogP contribution is 2.20. The van der Waals surface area contributed by atoms with Crippen LogP contribution in [0.5, 0.6) is 0 Å². The van der Waals surface area contributed by atoms with Crippen LogP contribution in [0.3, 0.4) is 0 Å². The third-order valence-corrected chi connectivity index (χ3v) is 4.68. The van der Waals surface area contributed by atoms with E-state index in [-0.39, 0.29) is 11.9 Å². The molecule has 2 aromatic rings. The Hall–Kier alpha value is -2.24. The van der Waals surface area contributed by atoms with Gasteiger partial charge in [0.05, 0.1) is 0 Å². The predicted molar refractivity (Wildman–Crippen MR) is 91.4 cm³/mol. The Labute approximate surface area is 142 Å². The van der Waals surface area contributed by atoms with E-state index < -0.39 is 0 Å². The second-order valence-electron chi connectivity index (χ2n) is 6.47. The zero-order valence-corrected chi connectivity index (χ0v) is 14.3. The van der Waals surface area contributed by atoms with Gasteiger partial charge in [-0.3, -0.25) is 4.79 Å². The highest BCUT2D eigenvalue weighted by molar-refractivity contribution is 5.80. The van der Waals surface area contributed by atoms with Gasteiger partial charge in [0, 0.05) is 19.5 Å². The van der Waals surface area contributed by atoms with E-state index in [9.17, 15) is 4.79 Å². The van der Waals surface area contributed by atoms with Gasteiger partial charge in [-0.25, -0.2) is 4.68 Å². The normalized spacial score (nSPS) is 17.1. The van der Waals surface area contributed by atoms with Crippen molar-refractivity contribution in [3.05, 3.63) is 41.7 Å². The Morgan fingerprint density at radius 2 is 1.75 bits per heavy atom. The molecule has 0 bridgehead atoms. The van der Waals surface area contributed by atoms with Gasteiger partial charge in [-0.1, -0.05) is 49.6 Å². The summed E-state index contributed by atoms with van der Waals surface area (Å²) >= 11 is 0. The summed E-state index contributed by atoms with van der Waals surface area (Å²) in [6.07, 6.45) is 6.47. The molecule has 1 unspecified atom stereocenters. The maximum absolute atomic E-state index is 13.2. The Bertz CT molecular complexity index is 646. The largest absolute Gasteiger partial charge is 0.341 e. The summed E-state index contributed by atoms with van der Waals surface area (Å²) in [4.78, 5) is 15.2. The lowest BCUT2D eigenvalue weighted by Crippen LogP contribution is -2.40. The number of benzene rings is 1. The van der Waals surface area contributed by atoms with Crippen molar-refractivity contribution in [1.29, 1.82) is 0 Å². The Balaban J connectivity index is 1.83. The molecule has 1 aliphatic heterocycles. The summed E-state index contributed by atoms with van der Waals surface area (Å²) < 4.78 is 1.67. The van der Waals surface area contributed by atoms with E-state index in [1.807, 2.05) is 42.2 Å². The first-order valence-corrected chi connectivity index (χ1v) is 8.83. The third kappa shape index (κ3) is 3.99. The SMILES string of the molecule is Cc1nnnn1C(Cc1ccccc1)C(=O)N1CCCCCCC1. The number of likely N-dealkylation sites (tertiary alicyclic amines) is 1. The highest BCUT2D eigenvalue weighted by atomic mass is 16.2. The number of tetrazole rings is 1. The van der Waals surface area contributed by atoms with E-state index in [4.69, 9.17) is 0 Å². The molecule has 3 rings (SSSR count). The van der Waals surface area contributed by atoms with E-state index >= 15 is 0 Å². The minimum absolute atomic E-state index is 0.135. The molecular formula is C18H25N5O. The lowest BCUT2D eigenvalue weighted by molar-refractivity contribution is -0.135. The van der Waals surface area contributed by atoms with E-state index in [0.29, 0.717) is 12.2 Å². The van der Waals surface area contributed by atoms with Crippen LogP contribution < -0.4 is 0 Å². The van der Waals surface area contributed by atoms with Gasteiger partial charge in [-0.15, -0.1) is 5.10 Å². The topological polar surface area (TPSA) is 63.9 Å². The fraction of sp³-hybridized carbons (Fsp3) is 0.556. The van der Waals surface area contributed by atoms with E-state index in [1.54, 1.807) is 4.68 Å². The molecule has 0 saturated carbocycles. The van der Waals surface area contributed by atoms with Crippen LogP contribution in [-0.2, 0) is 11.2 Å². The minimum Gasteiger partial charge on any atom is -0.341 e. The number of nitrogens with zero attached hydrogens (tertiary/aromatic N) is 5. The molecular weight excluding hydrogens is 302 g/mol. The fourth-order valence-electron chi connectivity index (χ4n) is 3.32. The van der Waals surface area contributed by atoms with Gasteiger partial charge in [0.25, 0.3) is 0 Å². The Morgan fingerprint density at radius 1 is 1.08 bits per heavy atom. The molecule has 128 valence electrons. The standard InChI is InChI=1S/C18H25N5O/c1-15-19-20-21-23(15)17(14-16-10-6-5-7-11-16)18(24)22-12-8-3-2-4-9-13-22/h5-7,10-11,17H,2-4,8-9,12-14H2,1H3.